The molecule has 0 bridgehead atoms. The van der Waals surface area contributed by atoms with E-state index in [4.69, 9.17) is 4.42 Å². The Morgan fingerprint density at radius 3 is 2.71 bits per heavy atom. The maximum absolute atomic E-state index is 13.3. The number of benzene rings is 1. The monoisotopic (exact) mass is 287 g/mol. The van der Waals surface area contributed by atoms with Crippen LogP contribution in [-0.2, 0) is 6.54 Å². The topological polar surface area (TPSA) is 69.6 Å². The van der Waals surface area contributed by atoms with Crippen molar-refractivity contribution < 1.29 is 8.81 Å². The van der Waals surface area contributed by atoms with E-state index in [1.54, 1.807) is 19.1 Å². The standard InChI is InChI=1S/C14H14FN5O/c1-8-6-11(4-5-12(8)15)14-17-19-20(18-14)7-13-16-9(2)10(3)21-13/h4-6H,7H2,1-3H3. The first-order valence-corrected chi connectivity index (χ1v) is 6.50. The summed E-state index contributed by atoms with van der Waals surface area (Å²) in [5, 5.41) is 12.2. The highest BCUT2D eigenvalue weighted by molar-refractivity contribution is 5.55. The van der Waals surface area contributed by atoms with Crippen molar-refractivity contribution in [3.05, 3.63) is 46.9 Å². The minimum Gasteiger partial charge on any atom is -0.444 e. The number of oxazole rings is 1. The molecule has 0 spiro atoms. The lowest BCUT2D eigenvalue weighted by Gasteiger charge is -1.98. The first-order valence-electron chi connectivity index (χ1n) is 6.50. The van der Waals surface area contributed by atoms with E-state index in [9.17, 15) is 4.39 Å². The van der Waals surface area contributed by atoms with E-state index in [0.29, 0.717) is 23.8 Å². The lowest BCUT2D eigenvalue weighted by molar-refractivity contribution is 0.425. The van der Waals surface area contributed by atoms with E-state index < -0.39 is 0 Å². The summed E-state index contributed by atoms with van der Waals surface area (Å²) < 4.78 is 18.7. The van der Waals surface area contributed by atoms with Crippen molar-refractivity contribution in [2.24, 2.45) is 0 Å². The average Bonchev–Trinajstić information content (AvgIpc) is 3.01. The fraction of sp³-hybridized carbons (Fsp3) is 0.286. The Bertz CT molecular complexity index is 773. The Kier molecular flexibility index (Phi) is 3.25. The third-order valence-electron chi connectivity index (χ3n) is 3.22. The van der Waals surface area contributed by atoms with Crippen molar-refractivity contribution >= 4 is 0 Å². The first-order chi connectivity index (χ1) is 10.0. The van der Waals surface area contributed by atoms with Gasteiger partial charge in [-0.3, -0.25) is 0 Å². The van der Waals surface area contributed by atoms with Crippen LogP contribution >= 0.6 is 0 Å². The Morgan fingerprint density at radius 1 is 1.24 bits per heavy atom. The van der Waals surface area contributed by atoms with Crippen molar-refractivity contribution in [2.75, 3.05) is 0 Å². The highest BCUT2D eigenvalue weighted by atomic mass is 19.1. The summed E-state index contributed by atoms with van der Waals surface area (Å²) in [6.07, 6.45) is 0. The fourth-order valence-electron chi connectivity index (χ4n) is 1.94. The predicted octanol–water partition coefficient (Wildman–Crippen LogP) is 2.44. The zero-order chi connectivity index (χ0) is 15.0. The van der Waals surface area contributed by atoms with Crippen molar-refractivity contribution in [1.82, 2.24) is 25.2 Å². The predicted molar refractivity (Wildman–Crippen MR) is 73.0 cm³/mol. The molecule has 0 aliphatic carbocycles. The summed E-state index contributed by atoms with van der Waals surface area (Å²) in [6.45, 7) is 5.74. The minimum atomic E-state index is -0.253. The molecule has 108 valence electrons. The number of hydrogen-bond acceptors (Lipinski definition) is 5. The Morgan fingerprint density at radius 2 is 2.05 bits per heavy atom. The maximum atomic E-state index is 13.3. The summed E-state index contributed by atoms with van der Waals surface area (Å²) >= 11 is 0. The summed E-state index contributed by atoms with van der Waals surface area (Å²) in [5.74, 6) is 1.50. The molecule has 0 unspecified atom stereocenters. The van der Waals surface area contributed by atoms with Gasteiger partial charge in [0.05, 0.1) is 5.69 Å². The zero-order valence-corrected chi connectivity index (χ0v) is 12.0. The lowest BCUT2D eigenvalue weighted by Crippen LogP contribution is -2.04. The molecule has 21 heavy (non-hydrogen) atoms. The number of aromatic nitrogens is 5. The van der Waals surface area contributed by atoms with Gasteiger partial charge in [-0.25, -0.2) is 9.37 Å². The second kappa shape index (κ2) is 5.08. The molecule has 2 heterocycles. The third kappa shape index (κ3) is 2.67. The maximum Gasteiger partial charge on any atom is 0.218 e. The molecule has 0 N–H and O–H groups in total. The van der Waals surface area contributed by atoms with Crippen LogP contribution in [0.1, 0.15) is 22.9 Å². The van der Waals surface area contributed by atoms with Crippen molar-refractivity contribution in [3.8, 4) is 11.4 Å². The van der Waals surface area contributed by atoms with Crippen LogP contribution in [0.15, 0.2) is 22.6 Å². The molecule has 0 saturated heterocycles. The van der Waals surface area contributed by atoms with Gasteiger partial charge in [-0.15, -0.1) is 10.2 Å². The number of rotatable bonds is 3. The Hall–Kier alpha value is -2.57. The molecule has 0 atom stereocenters. The summed E-state index contributed by atoms with van der Waals surface area (Å²) in [7, 11) is 0. The summed E-state index contributed by atoms with van der Waals surface area (Å²) in [4.78, 5) is 5.67. The van der Waals surface area contributed by atoms with E-state index in [1.165, 1.54) is 10.9 Å². The van der Waals surface area contributed by atoms with E-state index >= 15 is 0 Å². The normalized spacial score (nSPS) is 11.0. The second-order valence-electron chi connectivity index (χ2n) is 4.86. The molecule has 0 aliphatic rings. The van der Waals surface area contributed by atoms with Crippen LogP contribution in [0.4, 0.5) is 4.39 Å². The average molecular weight is 287 g/mol. The molecule has 0 saturated carbocycles. The molecule has 0 fully saturated rings. The quantitative estimate of drug-likeness (QED) is 0.740. The van der Waals surface area contributed by atoms with Gasteiger partial charge in [-0.1, -0.05) is 0 Å². The van der Waals surface area contributed by atoms with Crippen LogP contribution in [0, 0.1) is 26.6 Å². The van der Waals surface area contributed by atoms with Crippen LogP contribution in [0.2, 0.25) is 0 Å². The summed E-state index contributed by atoms with van der Waals surface area (Å²) in [5.41, 5.74) is 2.11. The number of nitrogens with zero attached hydrogens (tertiary/aromatic N) is 5. The van der Waals surface area contributed by atoms with Crippen molar-refractivity contribution in [2.45, 2.75) is 27.3 Å². The lowest BCUT2D eigenvalue weighted by atomic mass is 10.1. The van der Waals surface area contributed by atoms with Gasteiger partial charge in [0.2, 0.25) is 11.7 Å². The van der Waals surface area contributed by atoms with E-state index in [-0.39, 0.29) is 5.82 Å². The number of hydrogen-bond donors (Lipinski definition) is 0. The molecule has 2 aromatic heterocycles. The Labute approximate surface area is 120 Å². The number of aryl methyl sites for hydroxylation is 3. The zero-order valence-electron chi connectivity index (χ0n) is 12.0. The van der Waals surface area contributed by atoms with Crippen LogP contribution < -0.4 is 0 Å². The van der Waals surface area contributed by atoms with Gasteiger partial charge < -0.3 is 4.42 Å². The molecule has 6 nitrogen and oxygen atoms in total. The van der Waals surface area contributed by atoms with Gasteiger partial charge in [0.1, 0.15) is 18.1 Å². The number of tetrazole rings is 1. The van der Waals surface area contributed by atoms with Gasteiger partial charge >= 0.3 is 0 Å². The minimum absolute atomic E-state index is 0.253. The molecule has 0 radical (unpaired) electrons. The molecule has 3 aromatic rings. The van der Waals surface area contributed by atoms with Crippen LogP contribution in [-0.4, -0.2) is 25.2 Å². The molecule has 0 aliphatic heterocycles. The van der Waals surface area contributed by atoms with E-state index in [1.807, 2.05) is 13.8 Å². The van der Waals surface area contributed by atoms with Gasteiger partial charge in [-0.05, 0) is 49.7 Å². The molecular formula is C14H14FN5O. The van der Waals surface area contributed by atoms with Crippen LogP contribution in [0.3, 0.4) is 0 Å². The highest BCUT2D eigenvalue weighted by Gasteiger charge is 2.11. The SMILES string of the molecule is Cc1cc(-c2nnn(Cc3nc(C)c(C)o3)n2)ccc1F. The van der Waals surface area contributed by atoms with Crippen LogP contribution in [0.25, 0.3) is 11.4 Å². The second-order valence-corrected chi connectivity index (χ2v) is 4.86. The third-order valence-corrected chi connectivity index (χ3v) is 3.22. The van der Waals surface area contributed by atoms with E-state index in [0.717, 1.165) is 17.0 Å². The van der Waals surface area contributed by atoms with Gasteiger partial charge in [0.25, 0.3) is 0 Å². The molecule has 7 heteroatoms. The largest absolute Gasteiger partial charge is 0.444 e. The van der Waals surface area contributed by atoms with E-state index in [2.05, 4.69) is 20.4 Å². The van der Waals surface area contributed by atoms with Gasteiger partial charge in [0, 0.05) is 5.56 Å². The smallest absolute Gasteiger partial charge is 0.218 e. The van der Waals surface area contributed by atoms with Gasteiger partial charge in [0.15, 0.2) is 0 Å². The van der Waals surface area contributed by atoms with Crippen molar-refractivity contribution in [1.29, 1.82) is 0 Å². The molecule has 3 rings (SSSR count). The van der Waals surface area contributed by atoms with Crippen LogP contribution in [0.5, 0.6) is 0 Å². The summed E-state index contributed by atoms with van der Waals surface area (Å²) in [6, 6.07) is 4.71. The highest BCUT2D eigenvalue weighted by Crippen LogP contribution is 2.17. The first kappa shape index (κ1) is 13.4. The number of halogens is 1. The van der Waals surface area contributed by atoms with Gasteiger partial charge in [-0.2, -0.15) is 4.80 Å². The van der Waals surface area contributed by atoms with Crippen molar-refractivity contribution in [3.63, 3.8) is 0 Å². The fourth-order valence-corrected chi connectivity index (χ4v) is 1.94. The molecular weight excluding hydrogens is 273 g/mol. The molecule has 1 aromatic carbocycles. The molecule has 0 amide bonds. The Balaban J connectivity index is 1.84.